The molecule has 0 bridgehead atoms. The number of anilines is 1. The van der Waals surface area contributed by atoms with E-state index < -0.39 is 0 Å². The number of para-hydroxylation sites is 1. The number of halogens is 1. The molecule has 2 aromatic carbocycles. The van der Waals surface area contributed by atoms with Gasteiger partial charge in [-0.15, -0.1) is 0 Å². The third-order valence-electron chi connectivity index (χ3n) is 3.36. The lowest BCUT2D eigenvalue weighted by atomic mass is 10.1. The van der Waals surface area contributed by atoms with Gasteiger partial charge in [-0.3, -0.25) is 0 Å². The molecule has 1 nitrogen and oxygen atoms in total. The third-order valence-corrected chi connectivity index (χ3v) is 3.36. The molecule has 0 atom stereocenters. The Hall–Kier alpha value is -1.83. The van der Waals surface area contributed by atoms with Gasteiger partial charge in [-0.2, -0.15) is 0 Å². The number of hydrogen-bond acceptors (Lipinski definition) is 1. The van der Waals surface area contributed by atoms with Crippen molar-refractivity contribution >= 4 is 5.69 Å². The summed E-state index contributed by atoms with van der Waals surface area (Å²) in [6.45, 7) is 0.668. The van der Waals surface area contributed by atoms with Gasteiger partial charge in [-0.05, 0) is 42.0 Å². The highest BCUT2D eigenvalue weighted by atomic mass is 19.1. The highest BCUT2D eigenvalue weighted by Crippen LogP contribution is 2.40. The maximum Gasteiger partial charge on any atom is 0.146 e. The Balaban J connectivity index is 1.69. The predicted octanol–water partition coefficient (Wildman–Crippen LogP) is 4.32. The molecule has 2 aromatic rings. The molecule has 1 fully saturated rings. The molecule has 0 spiro atoms. The molecule has 0 saturated heterocycles. The van der Waals surface area contributed by atoms with Crippen LogP contribution in [0.15, 0.2) is 48.5 Å². The van der Waals surface area contributed by atoms with Crippen LogP contribution in [0.5, 0.6) is 0 Å². The normalized spacial score (nSPS) is 14.5. The van der Waals surface area contributed by atoms with Gasteiger partial charge in [-0.25, -0.2) is 4.39 Å². The fraction of sp³-hybridized carbons (Fsp3) is 0.250. The quantitative estimate of drug-likeness (QED) is 0.840. The minimum Gasteiger partial charge on any atom is -0.379 e. The van der Waals surface area contributed by atoms with Crippen molar-refractivity contribution in [1.82, 2.24) is 0 Å². The Labute approximate surface area is 107 Å². The Morgan fingerprint density at radius 1 is 1.06 bits per heavy atom. The van der Waals surface area contributed by atoms with Gasteiger partial charge in [0.15, 0.2) is 0 Å². The maximum absolute atomic E-state index is 13.4. The first-order valence-corrected chi connectivity index (χ1v) is 6.40. The first kappa shape index (κ1) is 11.3. The molecule has 3 rings (SSSR count). The molecule has 1 N–H and O–H groups in total. The van der Waals surface area contributed by atoms with E-state index in [4.69, 9.17) is 0 Å². The van der Waals surface area contributed by atoms with Crippen molar-refractivity contribution in [1.29, 1.82) is 0 Å². The summed E-state index contributed by atoms with van der Waals surface area (Å²) < 4.78 is 13.4. The van der Waals surface area contributed by atoms with Gasteiger partial charge in [0.2, 0.25) is 0 Å². The molecule has 0 heterocycles. The van der Waals surface area contributed by atoms with Crippen molar-refractivity contribution in [2.45, 2.75) is 25.3 Å². The molecule has 1 saturated carbocycles. The highest BCUT2D eigenvalue weighted by Gasteiger charge is 2.23. The van der Waals surface area contributed by atoms with Gasteiger partial charge in [0.25, 0.3) is 0 Å². The molecule has 1 aliphatic rings. The Morgan fingerprint density at radius 2 is 1.89 bits per heavy atom. The maximum atomic E-state index is 13.4. The van der Waals surface area contributed by atoms with Crippen LogP contribution >= 0.6 is 0 Å². The van der Waals surface area contributed by atoms with E-state index in [1.54, 1.807) is 12.1 Å². The van der Waals surface area contributed by atoms with Crippen molar-refractivity contribution in [2.75, 3.05) is 5.32 Å². The zero-order valence-corrected chi connectivity index (χ0v) is 10.2. The van der Waals surface area contributed by atoms with E-state index in [0.717, 1.165) is 5.92 Å². The van der Waals surface area contributed by atoms with Gasteiger partial charge in [-0.1, -0.05) is 36.4 Å². The van der Waals surface area contributed by atoms with Crippen LogP contribution in [0.1, 0.15) is 29.9 Å². The van der Waals surface area contributed by atoms with Crippen LogP contribution in [0.3, 0.4) is 0 Å². The second-order valence-electron chi connectivity index (χ2n) is 4.85. The first-order valence-electron chi connectivity index (χ1n) is 6.40. The van der Waals surface area contributed by atoms with E-state index in [0.29, 0.717) is 12.2 Å². The van der Waals surface area contributed by atoms with E-state index in [1.165, 1.54) is 30.0 Å². The van der Waals surface area contributed by atoms with Crippen LogP contribution in [0.4, 0.5) is 10.1 Å². The van der Waals surface area contributed by atoms with E-state index in [1.807, 2.05) is 6.07 Å². The second kappa shape index (κ2) is 4.81. The minimum atomic E-state index is -0.198. The van der Waals surface area contributed by atoms with Crippen molar-refractivity contribution in [2.24, 2.45) is 0 Å². The van der Waals surface area contributed by atoms with E-state index in [-0.39, 0.29) is 5.82 Å². The second-order valence-corrected chi connectivity index (χ2v) is 4.85. The SMILES string of the molecule is Fc1ccccc1NCc1cccc(C2CC2)c1. The first-order chi connectivity index (χ1) is 8.83. The van der Waals surface area contributed by atoms with Gasteiger partial charge in [0.05, 0.1) is 5.69 Å². The van der Waals surface area contributed by atoms with Crippen molar-refractivity contribution in [3.63, 3.8) is 0 Å². The summed E-state index contributed by atoms with van der Waals surface area (Å²) in [5, 5.41) is 3.14. The topological polar surface area (TPSA) is 12.0 Å². The number of nitrogens with one attached hydrogen (secondary N) is 1. The summed E-state index contributed by atoms with van der Waals surface area (Å²) in [7, 11) is 0. The molecular weight excluding hydrogens is 225 g/mol. The molecule has 0 amide bonds. The molecular formula is C16H16FN. The lowest BCUT2D eigenvalue weighted by Gasteiger charge is -2.08. The van der Waals surface area contributed by atoms with Crippen molar-refractivity contribution in [3.8, 4) is 0 Å². The van der Waals surface area contributed by atoms with Crippen molar-refractivity contribution < 1.29 is 4.39 Å². The van der Waals surface area contributed by atoms with Crippen LogP contribution in [0.25, 0.3) is 0 Å². The summed E-state index contributed by atoms with van der Waals surface area (Å²) in [4.78, 5) is 0. The largest absolute Gasteiger partial charge is 0.379 e. The lowest BCUT2D eigenvalue weighted by molar-refractivity contribution is 0.630. The van der Waals surface area contributed by atoms with Gasteiger partial charge < -0.3 is 5.32 Å². The standard InChI is InChI=1S/C16H16FN/c17-15-6-1-2-7-16(15)18-11-12-4-3-5-14(10-12)13-8-9-13/h1-7,10,13,18H,8-9,11H2. The molecule has 0 radical (unpaired) electrons. The van der Waals surface area contributed by atoms with E-state index in [2.05, 4.69) is 29.6 Å². The average Bonchev–Trinajstić information content (AvgIpc) is 3.23. The van der Waals surface area contributed by atoms with E-state index >= 15 is 0 Å². The Morgan fingerprint density at radius 3 is 2.67 bits per heavy atom. The minimum absolute atomic E-state index is 0.198. The monoisotopic (exact) mass is 241 g/mol. The number of benzene rings is 2. The smallest absolute Gasteiger partial charge is 0.146 e. The van der Waals surface area contributed by atoms with Gasteiger partial charge in [0.1, 0.15) is 5.82 Å². The van der Waals surface area contributed by atoms with Crippen LogP contribution in [0, 0.1) is 5.82 Å². The lowest BCUT2D eigenvalue weighted by Crippen LogP contribution is -2.01. The zero-order chi connectivity index (χ0) is 12.4. The summed E-state index contributed by atoms with van der Waals surface area (Å²) in [5.41, 5.74) is 3.19. The molecule has 18 heavy (non-hydrogen) atoms. The fourth-order valence-electron chi connectivity index (χ4n) is 2.18. The van der Waals surface area contributed by atoms with Crippen molar-refractivity contribution in [3.05, 3.63) is 65.5 Å². The van der Waals surface area contributed by atoms with Crippen LogP contribution in [-0.4, -0.2) is 0 Å². The summed E-state index contributed by atoms with van der Waals surface area (Å²) in [5.74, 6) is 0.564. The highest BCUT2D eigenvalue weighted by molar-refractivity contribution is 5.45. The predicted molar refractivity (Wildman–Crippen MR) is 72.1 cm³/mol. The third kappa shape index (κ3) is 2.53. The number of hydrogen-bond donors (Lipinski definition) is 1. The molecule has 92 valence electrons. The average molecular weight is 241 g/mol. The summed E-state index contributed by atoms with van der Waals surface area (Å²) in [6.07, 6.45) is 2.62. The molecule has 0 aromatic heterocycles. The van der Waals surface area contributed by atoms with Gasteiger partial charge >= 0.3 is 0 Å². The summed E-state index contributed by atoms with van der Waals surface area (Å²) >= 11 is 0. The van der Waals surface area contributed by atoms with Gasteiger partial charge in [0, 0.05) is 6.54 Å². The molecule has 2 heteroatoms. The zero-order valence-electron chi connectivity index (χ0n) is 10.2. The molecule has 0 unspecified atom stereocenters. The van der Waals surface area contributed by atoms with Crippen LogP contribution in [-0.2, 0) is 6.54 Å². The number of rotatable bonds is 4. The summed E-state index contributed by atoms with van der Waals surface area (Å²) in [6, 6.07) is 15.4. The Bertz CT molecular complexity index is 546. The van der Waals surface area contributed by atoms with Crippen LogP contribution < -0.4 is 5.32 Å². The Kier molecular flexibility index (Phi) is 3.01. The molecule has 0 aliphatic heterocycles. The fourth-order valence-corrected chi connectivity index (χ4v) is 2.18. The van der Waals surface area contributed by atoms with E-state index in [9.17, 15) is 4.39 Å². The van der Waals surface area contributed by atoms with Crippen LogP contribution in [0.2, 0.25) is 0 Å². The molecule has 1 aliphatic carbocycles.